The van der Waals surface area contributed by atoms with Gasteiger partial charge in [0, 0.05) is 0 Å². The van der Waals surface area contributed by atoms with Gasteiger partial charge in [0.1, 0.15) is 11.5 Å². The van der Waals surface area contributed by atoms with Crippen molar-refractivity contribution in [3.8, 4) is 11.5 Å². The minimum atomic E-state index is -4.77. The normalized spacial score (nSPS) is 12.6. The molecule has 0 heterocycles. The highest BCUT2D eigenvalue weighted by Gasteiger charge is 2.31. The van der Waals surface area contributed by atoms with E-state index in [4.69, 9.17) is 0 Å². The molecular formula is C18H16F5NO3. The molecule has 27 heavy (non-hydrogen) atoms. The number of amides is 1. The van der Waals surface area contributed by atoms with Crippen molar-refractivity contribution < 1.29 is 36.2 Å². The number of benzene rings is 2. The fourth-order valence-electron chi connectivity index (χ4n) is 2.31. The van der Waals surface area contributed by atoms with Gasteiger partial charge in [0.15, 0.2) is 0 Å². The topological polar surface area (TPSA) is 47.6 Å². The van der Waals surface area contributed by atoms with E-state index in [1.54, 1.807) is 6.92 Å². The Morgan fingerprint density at radius 1 is 1.00 bits per heavy atom. The lowest BCUT2D eigenvalue weighted by Crippen LogP contribution is -2.28. The number of carbonyl (C=O) groups is 1. The summed E-state index contributed by atoms with van der Waals surface area (Å²) in [4.78, 5) is 12.1. The lowest BCUT2D eigenvalue weighted by atomic mass is 10.1. The van der Waals surface area contributed by atoms with Crippen LogP contribution in [0.4, 0.5) is 22.0 Å². The van der Waals surface area contributed by atoms with Crippen LogP contribution in [-0.2, 0) is 11.2 Å². The van der Waals surface area contributed by atoms with Crippen LogP contribution in [0.2, 0.25) is 0 Å². The molecule has 2 aromatic rings. The van der Waals surface area contributed by atoms with E-state index in [1.165, 1.54) is 36.4 Å². The highest BCUT2D eigenvalue weighted by atomic mass is 19.4. The Balaban J connectivity index is 1.89. The summed E-state index contributed by atoms with van der Waals surface area (Å²) in [5, 5.41) is 2.71. The van der Waals surface area contributed by atoms with Crippen LogP contribution in [0.5, 0.6) is 11.5 Å². The molecule has 4 nitrogen and oxygen atoms in total. The van der Waals surface area contributed by atoms with Gasteiger partial charge in [-0.15, -0.1) is 13.2 Å². The quantitative estimate of drug-likeness (QED) is 0.704. The molecule has 146 valence electrons. The van der Waals surface area contributed by atoms with E-state index < -0.39 is 19.0 Å². The summed E-state index contributed by atoms with van der Waals surface area (Å²) in [6.45, 7) is -1.25. The van der Waals surface area contributed by atoms with E-state index in [-0.39, 0.29) is 23.8 Å². The highest BCUT2D eigenvalue weighted by Crippen LogP contribution is 2.24. The number of hydrogen-bond donors (Lipinski definition) is 1. The van der Waals surface area contributed by atoms with Crippen molar-refractivity contribution in [1.82, 2.24) is 5.32 Å². The molecule has 2 rings (SSSR count). The number of alkyl halides is 5. The Bertz CT molecular complexity index is 745. The number of halogens is 5. The lowest BCUT2D eigenvalue weighted by molar-refractivity contribution is -0.274. The monoisotopic (exact) mass is 389 g/mol. The number of ether oxygens (including phenoxy) is 2. The second-order valence-corrected chi connectivity index (χ2v) is 5.61. The van der Waals surface area contributed by atoms with Crippen molar-refractivity contribution in [3.63, 3.8) is 0 Å². The molecule has 1 amide bonds. The summed E-state index contributed by atoms with van der Waals surface area (Å²) in [5.74, 6) is -0.694. The number of nitrogens with one attached hydrogen (secondary N) is 1. The molecular weight excluding hydrogens is 373 g/mol. The first-order chi connectivity index (χ1) is 12.6. The zero-order valence-corrected chi connectivity index (χ0v) is 14.1. The van der Waals surface area contributed by atoms with Gasteiger partial charge >= 0.3 is 13.0 Å². The zero-order valence-electron chi connectivity index (χ0n) is 14.1. The third-order valence-corrected chi connectivity index (χ3v) is 3.50. The van der Waals surface area contributed by atoms with Crippen LogP contribution >= 0.6 is 0 Å². The van der Waals surface area contributed by atoms with Crippen LogP contribution in [0.3, 0.4) is 0 Å². The van der Waals surface area contributed by atoms with E-state index in [0.29, 0.717) is 11.1 Å². The molecule has 0 aromatic heterocycles. The fraction of sp³-hybridized carbons (Fsp3) is 0.278. The fourth-order valence-corrected chi connectivity index (χ4v) is 2.31. The average Bonchev–Trinajstić information content (AvgIpc) is 2.55. The average molecular weight is 389 g/mol. The predicted molar refractivity (Wildman–Crippen MR) is 86.5 cm³/mol. The summed E-state index contributed by atoms with van der Waals surface area (Å²) < 4.78 is 68.6. The molecule has 2 aromatic carbocycles. The van der Waals surface area contributed by atoms with Gasteiger partial charge in [0.2, 0.25) is 5.91 Å². The maximum Gasteiger partial charge on any atom is 0.573 e. The van der Waals surface area contributed by atoms with Crippen LogP contribution in [-0.4, -0.2) is 18.9 Å². The van der Waals surface area contributed by atoms with E-state index in [9.17, 15) is 26.7 Å². The molecule has 0 aliphatic heterocycles. The van der Waals surface area contributed by atoms with Gasteiger partial charge in [-0.05, 0) is 42.3 Å². The van der Waals surface area contributed by atoms with Gasteiger partial charge in [0.05, 0.1) is 12.5 Å². The van der Waals surface area contributed by atoms with Crippen molar-refractivity contribution in [2.45, 2.75) is 32.4 Å². The maximum atomic E-state index is 12.1. The first kappa shape index (κ1) is 20.5. The standard InChI is InChI=1S/C18H16F5NO3/c1-11(13-4-8-15(9-5-13)27-18(21,22)23)24-16(25)10-12-2-6-14(7-3-12)26-17(19)20/h2-9,11,17H,10H2,1H3,(H,24,25). The molecule has 0 saturated carbocycles. The largest absolute Gasteiger partial charge is 0.573 e. The summed E-state index contributed by atoms with van der Waals surface area (Å²) in [6.07, 6.45) is -4.76. The summed E-state index contributed by atoms with van der Waals surface area (Å²) >= 11 is 0. The molecule has 0 radical (unpaired) electrons. The Kier molecular flexibility index (Phi) is 6.59. The number of carbonyl (C=O) groups excluding carboxylic acids is 1. The molecule has 0 bridgehead atoms. The molecule has 0 aliphatic carbocycles. The second-order valence-electron chi connectivity index (χ2n) is 5.61. The van der Waals surface area contributed by atoms with E-state index in [1.807, 2.05) is 0 Å². The second kappa shape index (κ2) is 8.70. The molecule has 0 spiro atoms. The minimum Gasteiger partial charge on any atom is -0.435 e. The first-order valence-electron chi connectivity index (χ1n) is 7.81. The lowest BCUT2D eigenvalue weighted by Gasteiger charge is -2.15. The smallest absolute Gasteiger partial charge is 0.435 e. The molecule has 1 unspecified atom stereocenters. The molecule has 1 N–H and O–H groups in total. The van der Waals surface area contributed by atoms with Crippen molar-refractivity contribution >= 4 is 5.91 Å². The Labute approximate surface area is 151 Å². The molecule has 9 heteroatoms. The predicted octanol–water partition coefficient (Wildman–Crippen LogP) is 4.61. The SMILES string of the molecule is CC(NC(=O)Cc1ccc(OC(F)F)cc1)c1ccc(OC(F)(F)F)cc1. The summed E-state index contributed by atoms with van der Waals surface area (Å²) in [5.41, 5.74) is 1.19. The zero-order chi connectivity index (χ0) is 20.0. The first-order valence-corrected chi connectivity index (χ1v) is 7.81. The van der Waals surface area contributed by atoms with Gasteiger partial charge in [-0.25, -0.2) is 0 Å². The van der Waals surface area contributed by atoms with Crippen molar-refractivity contribution in [2.75, 3.05) is 0 Å². The van der Waals surface area contributed by atoms with E-state index >= 15 is 0 Å². The Morgan fingerprint density at radius 2 is 1.56 bits per heavy atom. The van der Waals surface area contributed by atoms with Crippen LogP contribution in [0.15, 0.2) is 48.5 Å². The minimum absolute atomic E-state index is 0.00850. The van der Waals surface area contributed by atoms with E-state index in [0.717, 1.165) is 12.1 Å². The maximum absolute atomic E-state index is 12.1. The van der Waals surface area contributed by atoms with Gasteiger partial charge in [-0.2, -0.15) is 8.78 Å². The van der Waals surface area contributed by atoms with Crippen LogP contribution in [0.25, 0.3) is 0 Å². The van der Waals surface area contributed by atoms with Crippen LogP contribution in [0, 0.1) is 0 Å². The van der Waals surface area contributed by atoms with Crippen molar-refractivity contribution in [1.29, 1.82) is 0 Å². The molecule has 0 aliphatic rings. The Hall–Kier alpha value is -2.84. The number of rotatable bonds is 7. The van der Waals surface area contributed by atoms with Gasteiger partial charge < -0.3 is 14.8 Å². The number of hydrogen-bond acceptors (Lipinski definition) is 3. The van der Waals surface area contributed by atoms with E-state index in [2.05, 4.69) is 14.8 Å². The molecule has 0 saturated heterocycles. The highest BCUT2D eigenvalue weighted by molar-refractivity contribution is 5.79. The molecule has 1 atom stereocenters. The van der Waals surface area contributed by atoms with Gasteiger partial charge in [-0.1, -0.05) is 24.3 Å². The van der Waals surface area contributed by atoms with Gasteiger partial charge in [-0.3, -0.25) is 4.79 Å². The third kappa shape index (κ3) is 7.12. The third-order valence-electron chi connectivity index (χ3n) is 3.50. The van der Waals surface area contributed by atoms with Crippen LogP contribution in [0.1, 0.15) is 24.1 Å². The van der Waals surface area contributed by atoms with Gasteiger partial charge in [0.25, 0.3) is 0 Å². The van der Waals surface area contributed by atoms with Crippen molar-refractivity contribution in [2.24, 2.45) is 0 Å². The Morgan fingerprint density at radius 3 is 2.07 bits per heavy atom. The summed E-state index contributed by atoms with van der Waals surface area (Å²) in [7, 11) is 0. The summed E-state index contributed by atoms with van der Waals surface area (Å²) in [6, 6.07) is 10.4. The molecule has 0 fully saturated rings. The van der Waals surface area contributed by atoms with Crippen LogP contribution < -0.4 is 14.8 Å². The van der Waals surface area contributed by atoms with Crippen molar-refractivity contribution in [3.05, 3.63) is 59.7 Å².